The molecular formula is C41H35Cl2F4N7O5. The molecule has 3 aromatic carbocycles. The van der Waals surface area contributed by atoms with Gasteiger partial charge in [0.15, 0.2) is 11.6 Å². The fourth-order valence-electron chi connectivity index (χ4n) is 7.02. The van der Waals surface area contributed by atoms with E-state index in [9.17, 15) is 9.90 Å². The van der Waals surface area contributed by atoms with Gasteiger partial charge < -0.3 is 34.4 Å². The highest BCUT2D eigenvalue weighted by Crippen LogP contribution is 2.44. The van der Waals surface area contributed by atoms with Crippen molar-refractivity contribution < 1.29 is 41.7 Å². The molecule has 12 nitrogen and oxygen atoms in total. The van der Waals surface area contributed by atoms with Gasteiger partial charge in [-0.2, -0.15) is 13.2 Å². The molecule has 0 radical (unpaired) electrons. The minimum absolute atomic E-state index is 0.0253. The number of alkyl halides is 3. The van der Waals surface area contributed by atoms with Gasteiger partial charge in [-0.15, -0.1) is 0 Å². The number of methoxy groups -OCH3 is 2. The summed E-state index contributed by atoms with van der Waals surface area (Å²) in [5, 5.41) is 13.9. The summed E-state index contributed by atoms with van der Waals surface area (Å²) >= 11 is 13.6. The molecule has 1 atom stereocenters. The maximum atomic E-state index is 17.4. The molecule has 306 valence electrons. The third-order valence-electron chi connectivity index (χ3n) is 9.77. The Labute approximate surface area is 345 Å². The predicted octanol–water partition coefficient (Wildman–Crippen LogP) is 8.32. The second-order valence-corrected chi connectivity index (χ2v) is 14.2. The minimum Gasteiger partial charge on any atom is -0.497 e. The number of nitrogens with zero attached hydrogens (tertiary/aromatic N) is 5. The maximum Gasteiger partial charge on any atom is 0.418 e. The SMILES string of the molecule is COc1ccc(CN(Cc2ccc(OC)cc2)c2cc(C)c(C(F)(F)F)c(-c3c(F)c4c5c(c3Cl)=NCNC=5N(C(C)c3cccnc3NC(=O)O)C=C(Cl)O4)n2)cc1. The molecule has 0 bridgehead atoms. The lowest BCUT2D eigenvalue weighted by molar-refractivity contribution is -0.137. The summed E-state index contributed by atoms with van der Waals surface area (Å²) in [6.45, 7) is 3.23. The van der Waals surface area contributed by atoms with Gasteiger partial charge in [0, 0.05) is 24.8 Å². The van der Waals surface area contributed by atoms with Crippen LogP contribution in [-0.4, -0.2) is 47.0 Å². The van der Waals surface area contributed by atoms with Crippen LogP contribution in [0, 0.1) is 12.7 Å². The Hall–Kier alpha value is -6.26. The van der Waals surface area contributed by atoms with Crippen LogP contribution in [0.3, 0.4) is 0 Å². The number of anilines is 2. The molecule has 18 heteroatoms. The summed E-state index contributed by atoms with van der Waals surface area (Å²) in [4.78, 5) is 28.1. The zero-order chi connectivity index (χ0) is 42.2. The van der Waals surface area contributed by atoms with Crippen LogP contribution in [0.4, 0.5) is 34.0 Å². The Morgan fingerprint density at radius 3 is 2.25 bits per heavy atom. The van der Waals surface area contributed by atoms with Crippen molar-refractivity contribution >= 4 is 46.8 Å². The van der Waals surface area contributed by atoms with E-state index in [-0.39, 0.29) is 58.6 Å². The van der Waals surface area contributed by atoms with Gasteiger partial charge in [-0.05, 0) is 78.5 Å². The highest BCUT2D eigenvalue weighted by Gasteiger charge is 2.40. The number of nitrogens with one attached hydrogen (secondary N) is 2. The van der Waals surface area contributed by atoms with Crippen molar-refractivity contribution in [3.05, 3.63) is 134 Å². The number of carboxylic acid groups (broad SMARTS) is 1. The van der Waals surface area contributed by atoms with Gasteiger partial charge in [0.2, 0.25) is 5.22 Å². The van der Waals surface area contributed by atoms with Crippen molar-refractivity contribution in [2.24, 2.45) is 4.99 Å². The number of benzene rings is 3. The standard InChI is InChI=1S/C41H35Cl2F4N7O5/c1-21-16-29(53(17-23-7-11-25(57-3)12-8-23)18-24-9-13-26(58-4)14-10-24)51-35(32(21)41(45,46)47)30-33(43)36-31-37(34(30)44)59-28(42)19-54(39(31)50-20-49-36)22(2)27-6-5-15-48-38(27)52-40(55)56/h5-16,19,22,50H,17-18,20H2,1-4H3,(H,48,52)(H,55,56). The van der Waals surface area contributed by atoms with Gasteiger partial charge in [-0.1, -0.05) is 41.9 Å². The van der Waals surface area contributed by atoms with E-state index in [4.69, 9.17) is 37.4 Å². The smallest absolute Gasteiger partial charge is 0.418 e. The van der Waals surface area contributed by atoms with E-state index in [1.165, 1.54) is 39.6 Å². The van der Waals surface area contributed by atoms with E-state index >= 15 is 17.6 Å². The first-order valence-electron chi connectivity index (χ1n) is 17.9. The molecular weight excluding hydrogens is 817 g/mol. The van der Waals surface area contributed by atoms with E-state index in [1.807, 2.05) is 24.3 Å². The number of aromatic nitrogens is 2. The lowest BCUT2D eigenvalue weighted by Crippen LogP contribution is -2.45. The molecule has 2 aliphatic rings. The molecule has 1 unspecified atom stereocenters. The first kappa shape index (κ1) is 40.9. The number of amides is 1. The molecule has 0 aliphatic carbocycles. The van der Waals surface area contributed by atoms with Crippen molar-refractivity contribution in [1.82, 2.24) is 20.2 Å². The van der Waals surface area contributed by atoms with Crippen LogP contribution in [0.25, 0.3) is 17.1 Å². The fourth-order valence-corrected chi connectivity index (χ4v) is 7.53. The van der Waals surface area contributed by atoms with Gasteiger partial charge in [0.05, 0.1) is 58.9 Å². The molecule has 2 aromatic heterocycles. The number of hydrogen-bond donors (Lipinski definition) is 3. The van der Waals surface area contributed by atoms with Crippen molar-refractivity contribution in [1.29, 1.82) is 0 Å². The average Bonchev–Trinajstić information content (AvgIpc) is 3.36. The van der Waals surface area contributed by atoms with Gasteiger partial charge >= 0.3 is 12.3 Å². The minimum atomic E-state index is -5.01. The molecule has 0 saturated heterocycles. The fraction of sp³-hybridized carbons (Fsp3) is 0.220. The second-order valence-electron chi connectivity index (χ2n) is 13.5. The normalized spacial score (nSPS) is 13.8. The summed E-state index contributed by atoms with van der Waals surface area (Å²) in [7, 11) is 3.08. The number of halogens is 6. The third-order valence-corrected chi connectivity index (χ3v) is 10.3. The van der Waals surface area contributed by atoms with E-state index in [0.29, 0.717) is 17.1 Å². The van der Waals surface area contributed by atoms with Crippen LogP contribution < -0.4 is 40.3 Å². The van der Waals surface area contributed by atoms with Crippen molar-refractivity contribution in [2.75, 3.05) is 31.1 Å². The summed E-state index contributed by atoms with van der Waals surface area (Å²) in [5.74, 6) is -0.280. The van der Waals surface area contributed by atoms with E-state index in [0.717, 1.165) is 11.1 Å². The largest absolute Gasteiger partial charge is 0.497 e. The number of pyridine rings is 2. The zero-order valence-corrected chi connectivity index (χ0v) is 33.3. The van der Waals surface area contributed by atoms with Crippen molar-refractivity contribution in [2.45, 2.75) is 39.2 Å². The highest BCUT2D eigenvalue weighted by molar-refractivity contribution is 6.33. The number of hydrogen-bond acceptors (Lipinski definition) is 10. The van der Waals surface area contributed by atoms with Crippen LogP contribution in [0.5, 0.6) is 17.2 Å². The summed E-state index contributed by atoms with van der Waals surface area (Å²) in [6.07, 6.45) is -3.62. The van der Waals surface area contributed by atoms with E-state index in [2.05, 4.69) is 25.6 Å². The Morgan fingerprint density at radius 1 is 1.05 bits per heavy atom. The summed E-state index contributed by atoms with van der Waals surface area (Å²) < 4.78 is 79.3. The third kappa shape index (κ3) is 8.23. The van der Waals surface area contributed by atoms with E-state index in [1.54, 1.807) is 53.1 Å². The Kier molecular flexibility index (Phi) is 11.5. The number of carbonyl (C=O) groups is 1. The predicted molar refractivity (Wildman–Crippen MR) is 213 cm³/mol. The first-order chi connectivity index (χ1) is 28.2. The molecule has 2 aliphatic heterocycles. The number of ether oxygens (including phenoxy) is 3. The van der Waals surface area contributed by atoms with E-state index < -0.39 is 51.7 Å². The Balaban J connectivity index is 1.43. The van der Waals surface area contributed by atoms with Crippen molar-refractivity contribution in [3.8, 4) is 28.5 Å². The topological polar surface area (TPSA) is 134 Å². The molecule has 0 fully saturated rings. The van der Waals surface area contributed by atoms with Crippen molar-refractivity contribution in [3.63, 3.8) is 0 Å². The lowest BCUT2D eigenvalue weighted by Gasteiger charge is -2.31. The Morgan fingerprint density at radius 2 is 1.68 bits per heavy atom. The van der Waals surface area contributed by atoms with Crippen LogP contribution >= 0.6 is 23.2 Å². The lowest BCUT2D eigenvalue weighted by atomic mass is 9.98. The van der Waals surface area contributed by atoms with Gasteiger partial charge in [0.25, 0.3) is 0 Å². The van der Waals surface area contributed by atoms with Gasteiger partial charge in [-0.3, -0.25) is 10.3 Å². The molecule has 59 heavy (non-hydrogen) atoms. The molecule has 4 heterocycles. The summed E-state index contributed by atoms with van der Waals surface area (Å²) in [6, 6.07) is 18.2. The molecule has 5 aromatic rings. The van der Waals surface area contributed by atoms with Crippen LogP contribution in [0.1, 0.15) is 40.8 Å². The molecule has 0 spiro atoms. The molecule has 3 N–H and O–H groups in total. The van der Waals surface area contributed by atoms with Crippen LogP contribution in [-0.2, 0) is 19.3 Å². The van der Waals surface area contributed by atoms with Crippen LogP contribution in [0.15, 0.2) is 89.3 Å². The van der Waals surface area contributed by atoms with Crippen LogP contribution in [0.2, 0.25) is 5.02 Å². The number of rotatable bonds is 11. The molecule has 0 saturated carbocycles. The monoisotopic (exact) mass is 851 g/mol. The Bertz CT molecular complexity index is 2540. The molecule has 7 rings (SSSR count). The first-order valence-corrected chi connectivity index (χ1v) is 18.7. The average molecular weight is 853 g/mol. The number of aryl methyl sites for hydroxylation is 1. The van der Waals surface area contributed by atoms with Gasteiger partial charge in [-0.25, -0.2) is 19.2 Å². The zero-order valence-electron chi connectivity index (χ0n) is 31.8. The maximum absolute atomic E-state index is 17.4. The highest BCUT2D eigenvalue weighted by atomic mass is 35.5. The quantitative estimate of drug-likeness (QED) is 0.112. The summed E-state index contributed by atoms with van der Waals surface area (Å²) in [5.41, 5.74) is -0.933. The second kappa shape index (κ2) is 16.5. The molecule has 1 amide bonds. The van der Waals surface area contributed by atoms with Gasteiger partial charge in [0.1, 0.15) is 35.6 Å².